The Morgan fingerprint density at radius 2 is 1.93 bits per heavy atom. The molecule has 0 spiro atoms. The van der Waals surface area contributed by atoms with Crippen molar-refractivity contribution in [2.75, 3.05) is 7.11 Å². The zero-order chi connectivity index (χ0) is 20.8. The molecule has 29 heavy (non-hydrogen) atoms. The van der Waals surface area contributed by atoms with Crippen molar-refractivity contribution in [2.24, 2.45) is 0 Å². The fourth-order valence-electron chi connectivity index (χ4n) is 3.39. The van der Waals surface area contributed by atoms with E-state index in [0.29, 0.717) is 23.7 Å². The van der Waals surface area contributed by atoms with Gasteiger partial charge in [0.2, 0.25) is 5.88 Å². The molecular formula is C21H19F3N4O. The molecule has 3 aromatic heterocycles. The molecule has 0 unspecified atom stereocenters. The highest BCUT2D eigenvalue weighted by Crippen LogP contribution is 2.34. The second-order valence-electron chi connectivity index (χ2n) is 6.75. The third-order valence-corrected chi connectivity index (χ3v) is 4.87. The number of methoxy groups -OCH3 is 1. The van der Waals surface area contributed by atoms with E-state index in [-0.39, 0.29) is 0 Å². The first-order valence-corrected chi connectivity index (χ1v) is 9.09. The number of fused-ring (bicyclic) bond motifs is 1. The first-order chi connectivity index (χ1) is 13.8. The first-order valence-electron chi connectivity index (χ1n) is 9.09. The molecule has 0 amide bonds. The molecule has 4 rings (SSSR count). The molecule has 1 aromatic carbocycles. The van der Waals surface area contributed by atoms with E-state index < -0.39 is 11.9 Å². The van der Waals surface area contributed by atoms with Gasteiger partial charge in [-0.05, 0) is 43.7 Å². The number of halogens is 3. The van der Waals surface area contributed by atoms with Crippen LogP contribution < -0.4 is 4.74 Å². The number of aryl methyl sites for hydroxylation is 2. The predicted molar refractivity (Wildman–Crippen MR) is 105 cm³/mol. The Morgan fingerprint density at radius 3 is 2.59 bits per heavy atom. The van der Waals surface area contributed by atoms with Gasteiger partial charge in [-0.25, -0.2) is 4.98 Å². The first kappa shape index (κ1) is 19.0. The fraction of sp³-hybridized carbons (Fsp3) is 0.238. The van der Waals surface area contributed by atoms with Gasteiger partial charge in [0, 0.05) is 46.5 Å². The molecule has 0 fully saturated rings. The zero-order valence-electron chi connectivity index (χ0n) is 16.1. The number of aromatic nitrogens is 4. The van der Waals surface area contributed by atoms with Gasteiger partial charge in [-0.1, -0.05) is 6.07 Å². The minimum atomic E-state index is -4.47. The smallest absolute Gasteiger partial charge is 0.435 e. The number of pyridine rings is 1. The quantitative estimate of drug-likeness (QED) is 0.496. The highest BCUT2D eigenvalue weighted by atomic mass is 19.4. The van der Waals surface area contributed by atoms with Crippen molar-refractivity contribution in [1.29, 1.82) is 0 Å². The molecule has 0 radical (unpaired) electrons. The Bertz CT molecular complexity index is 1190. The number of benzene rings is 1. The van der Waals surface area contributed by atoms with E-state index in [1.165, 1.54) is 4.68 Å². The largest absolute Gasteiger partial charge is 0.481 e. The van der Waals surface area contributed by atoms with Gasteiger partial charge in [-0.3, -0.25) is 4.68 Å². The van der Waals surface area contributed by atoms with E-state index in [0.717, 1.165) is 33.8 Å². The number of hydrogen-bond acceptors (Lipinski definition) is 3. The van der Waals surface area contributed by atoms with Crippen molar-refractivity contribution in [3.8, 4) is 28.4 Å². The van der Waals surface area contributed by atoms with Gasteiger partial charge >= 0.3 is 6.18 Å². The molecule has 1 N–H and O–H groups in total. The number of rotatable bonds is 4. The summed E-state index contributed by atoms with van der Waals surface area (Å²) in [5, 5.41) is 4.59. The van der Waals surface area contributed by atoms with Gasteiger partial charge in [0.1, 0.15) is 0 Å². The van der Waals surface area contributed by atoms with Crippen molar-refractivity contribution >= 4 is 10.9 Å². The van der Waals surface area contributed by atoms with Crippen LogP contribution in [0.15, 0.2) is 42.6 Å². The molecule has 0 saturated heterocycles. The molecule has 0 atom stereocenters. The van der Waals surface area contributed by atoms with Gasteiger partial charge in [0.05, 0.1) is 12.8 Å². The zero-order valence-corrected chi connectivity index (χ0v) is 16.1. The molecular weight excluding hydrogens is 381 g/mol. The topological polar surface area (TPSA) is 55.7 Å². The van der Waals surface area contributed by atoms with Gasteiger partial charge in [-0.2, -0.15) is 18.3 Å². The lowest BCUT2D eigenvalue weighted by Gasteiger charge is -2.05. The van der Waals surface area contributed by atoms with E-state index in [9.17, 15) is 13.2 Å². The van der Waals surface area contributed by atoms with Crippen LogP contribution >= 0.6 is 0 Å². The third kappa shape index (κ3) is 3.46. The van der Waals surface area contributed by atoms with Crippen LogP contribution in [0, 0.1) is 6.92 Å². The normalized spacial score (nSPS) is 11.9. The van der Waals surface area contributed by atoms with E-state index in [1.807, 2.05) is 31.2 Å². The van der Waals surface area contributed by atoms with E-state index in [4.69, 9.17) is 4.74 Å². The molecule has 8 heteroatoms. The van der Waals surface area contributed by atoms with Crippen LogP contribution in [-0.2, 0) is 12.7 Å². The molecule has 0 aliphatic rings. The second-order valence-corrected chi connectivity index (χ2v) is 6.75. The van der Waals surface area contributed by atoms with Crippen molar-refractivity contribution in [2.45, 2.75) is 26.6 Å². The molecule has 3 heterocycles. The van der Waals surface area contributed by atoms with Crippen LogP contribution in [0.25, 0.3) is 33.4 Å². The van der Waals surface area contributed by atoms with Gasteiger partial charge in [0.15, 0.2) is 5.69 Å². The minimum Gasteiger partial charge on any atom is -0.481 e. The lowest BCUT2D eigenvalue weighted by atomic mass is 10.1. The maximum atomic E-state index is 13.1. The minimum absolute atomic E-state index is 0.346. The number of aromatic amines is 1. The van der Waals surface area contributed by atoms with Crippen molar-refractivity contribution in [1.82, 2.24) is 19.7 Å². The van der Waals surface area contributed by atoms with Gasteiger partial charge < -0.3 is 9.72 Å². The summed E-state index contributed by atoms with van der Waals surface area (Å²) in [4.78, 5) is 7.60. The molecule has 0 bridgehead atoms. The maximum absolute atomic E-state index is 13.1. The SMILES string of the molecule is CCn1nc(C(F)(F)F)cc1-c1ccc2[nH]c(-c3cnc(OC)cc3C)cc2c1. The number of nitrogens with one attached hydrogen (secondary N) is 1. The van der Waals surface area contributed by atoms with Gasteiger partial charge in [-0.15, -0.1) is 0 Å². The summed E-state index contributed by atoms with van der Waals surface area (Å²) in [5.74, 6) is 0.540. The Hall–Kier alpha value is -3.29. The number of hydrogen-bond donors (Lipinski definition) is 1. The summed E-state index contributed by atoms with van der Waals surface area (Å²) < 4.78 is 45.7. The van der Waals surface area contributed by atoms with Crippen LogP contribution in [0.5, 0.6) is 5.88 Å². The lowest BCUT2D eigenvalue weighted by molar-refractivity contribution is -0.141. The average Bonchev–Trinajstić information content (AvgIpc) is 3.30. The number of nitrogens with zero attached hydrogens (tertiary/aromatic N) is 3. The van der Waals surface area contributed by atoms with Crippen LogP contribution in [0.4, 0.5) is 13.2 Å². The van der Waals surface area contributed by atoms with E-state index in [1.54, 1.807) is 26.3 Å². The molecule has 4 aromatic rings. The maximum Gasteiger partial charge on any atom is 0.435 e. The average molecular weight is 400 g/mol. The Labute approximate surface area is 165 Å². The van der Waals surface area contributed by atoms with Crippen LogP contribution in [0.2, 0.25) is 0 Å². The lowest BCUT2D eigenvalue weighted by Crippen LogP contribution is -2.07. The standard InChI is InChI=1S/C21H19F3N4O/c1-4-28-18(10-19(27-28)21(22,23)24)13-5-6-16-14(8-13)9-17(26-16)15-11-25-20(29-3)7-12(15)2/h5-11,26H,4H2,1-3H3. The highest BCUT2D eigenvalue weighted by molar-refractivity contribution is 5.89. The number of alkyl halides is 3. The van der Waals surface area contributed by atoms with E-state index in [2.05, 4.69) is 15.1 Å². The molecule has 0 saturated carbocycles. The Kier molecular flexibility index (Phi) is 4.56. The highest BCUT2D eigenvalue weighted by Gasteiger charge is 2.35. The molecule has 5 nitrogen and oxygen atoms in total. The van der Waals surface area contributed by atoms with Crippen LogP contribution in [0.3, 0.4) is 0 Å². The fourth-order valence-corrected chi connectivity index (χ4v) is 3.39. The van der Waals surface area contributed by atoms with Crippen molar-refractivity contribution < 1.29 is 17.9 Å². The predicted octanol–water partition coefficient (Wildman–Crippen LogP) is 5.45. The van der Waals surface area contributed by atoms with Gasteiger partial charge in [0.25, 0.3) is 0 Å². The Balaban J connectivity index is 1.78. The summed E-state index contributed by atoms with van der Waals surface area (Å²) in [6.45, 7) is 4.08. The Morgan fingerprint density at radius 1 is 1.14 bits per heavy atom. The van der Waals surface area contributed by atoms with Crippen LogP contribution in [-0.4, -0.2) is 26.9 Å². The summed E-state index contributed by atoms with van der Waals surface area (Å²) in [5.41, 5.74) is 3.93. The number of ether oxygens (including phenoxy) is 1. The second kappa shape index (κ2) is 6.95. The molecule has 0 aliphatic heterocycles. The molecule has 0 aliphatic carbocycles. The van der Waals surface area contributed by atoms with E-state index >= 15 is 0 Å². The van der Waals surface area contributed by atoms with Crippen molar-refractivity contribution in [3.05, 3.63) is 53.9 Å². The van der Waals surface area contributed by atoms with Crippen molar-refractivity contribution in [3.63, 3.8) is 0 Å². The van der Waals surface area contributed by atoms with Crippen LogP contribution in [0.1, 0.15) is 18.2 Å². The molecule has 150 valence electrons. The summed E-state index contributed by atoms with van der Waals surface area (Å²) in [6.07, 6.45) is -2.74. The summed E-state index contributed by atoms with van der Waals surface area (Å²) in [7, 11) is 1.57. The monoisotopic (exact) mass is 400 g/mol. The third-order valence-electron chi connectivity index (χ3n) is 4.87. The summed E-state index contributed by atoms with van der Waals surface area (Å²) >= 11 is 0. The number of H-pyrrole nitrogens is 1. The summed E-state index contributed by atoms with van der Waals surface area (Å²) in [6, 6.07) is 10.4.